The minimum atomic E-state index is 0.849. The van der Waals surface area contributed by atoms with Crippen molar-refractivity contribution in [2.45, 2.75) is 0 Å². The number of hydrogen-bond acceptors (Lipinski definition) is 3. The minimum Gasteiger partial charge on any atom is -0.497 e. The van der Waals surface area contributed by atoms with E-state index < -0.39 is 0 Å². The standard InChI is InChI=1S/C16H16N2O/c1-19-13-6-4-5-12(11-13)14-7-2-3-8-15(14)16-17-9-10-18-16/h2-8,11H,9-10H2,1H3,(H,17,18). The molecule has 0 aliphatic carbocycles. The van der Waals surface area contributed by atoms with Crippen LogP contribution >= 0.6 is 0 Å². The molecule has 0 saturated carbocycles. The Balaban J connectivity index is 2.09. The molecule has 0 aromatic heterocycles. The molecule has 96 valence electrons. The summed E-state index contributed by atoms with van der Waals surface area (Å²) in [6, 6.07) is 16.4. The first kappa shape index (κ1) is 11.8. The Morgan fingerprint density at radius 2 is 1.89 bits per heavy atom. The molecule has 1 heterocycles. The zero-order chi connectivity index (χ0) is 13.1. The highest BCUT2D eigenvalue weighted by atomic mass is 16.5. The van der Waals surface area contributed by atoms with E-state index in [-0.39, 0.29) is 0 Å². The van der Waals surface area contributed by atoms with Gasteiger partial charge in [0, 0.05) is 12.1 Å². The van der Waals surface area contributed by atoms with Gasteiger partial charge in [0.25, 0.3) is 0 Å². The number of nitrogens with one attached hydrogen (secondary N) is 1. The fraction of sp³-hybridized carbons (Fsp3) is 0.188. The Kier molecular flexibility index (Phi) is 3.19. The molecule has 2 aromatic carbocycles. The van der Waals surface area contributed by atoms with Gasteiger partial charge in [-0.3, -0.25) is 4.99 Å². The molecule has 1 aliphatic heterocycles. The summed E-state index contributed by atoms with van der Waals surface area (Å²) < 4.78 is 5.30. The molecule has 3 nitrogen and oxygen atoms in total. The minimum absolute atomic E-state index is 0.849. The van der Waals surface area contributed by atoms with Crippen LogP contribution in [0.4, 0.5) is 0 Å². The second-order valence-electron chi connectivity index (χ2n) is 4.43. The van der Waals surface area contributed by atoms with Crippen LogP contribution in [-0.4, -0.2) is 26.0 Å². The molecule has 0 spiro atoms. The average Bonchev–Trinajstić information content (AvgIpc) is 3.01. The topological polar surface area (TPSA) is 33.6 Å². The number of benzene rings is 2. The van der Waals surface area contributed by atoms with E-state index >= 15 is 0 Å². The van der Waals surface area contributed by atoms with Gasteiger partial charge in [-0.05, 0) is 23.3 Å². The van der Waals surface area contributed by atoms with Crippen LogP contribution in [0.25, 0.3) is 11.1 Å². The van der Waals surface area contributed by atoms with Gasteiger partial charge >= 0.3 is 0 Å². The lowest BCUT2D eigenvalue weighted by molar-refractivity contribution is 0.415. The first-order chi connectivity index (χ1) is 9.38. The summed E-state index contributed by atoms with van der Waals surface area (Å²) in [7, 11) is 1.69. The number of nitrogens with zero attached hydrogens (tertiary/aromatic N) is 1. The number of hydrogen-bond donors (Lipinski definition) is 1. The lowest BCUT2D eigenvalue weighted by atomic mass is 9.99. The third-order valence-electron chi connectivity index (χ3n) is 3.24. The fourth-order valence-electron chi connectivity index (χ4n) is 2.31. The van der Waals surface area contributed by atoms with Crippen LogP contribution < -0.4 is 10.1 Å². The molecule has 3 heteroatoms. The van der Waals surface area contributed by atoms with Gasteiger partial charge in [-0.2, -0.15) is 0 Å². The molecule has 0 atom stereocenters. The summed E-state index contributed by atoms with van der Waals surface area (Å²) >= 11 is 0. The van der Waals surface area contributed by atoms with Gasteiger partial charge < -0.3 is 10.1 Å². The Labute approximate surface area is 113 Å². The van der Waals surface area contributed by atoms with E-state index in [1.54, 1.807) is 7.11 Å². The van der Waals surface area contributed by atoms with Gasteiger partial charge in [-0.1, -0.05) is 36.4 Å². The summed E-state index contributed by atoms with van der Waals surface area (Å²) in [4.78, 5) is 4.51. The molecule has 1 N–H and O–H groups in total. The SMILES string of the molecule is COc1cccc(-c2ccccc2C2=NCCN2)c1. The summed E-state index contributed by atoms with van der Waals surface area (Å²) in [6.07, 6.45) is 0. The highest BCUT2D eigenvalue weighted by Crippen LogP contribution is 2.27. The maximum atomic E-state index is 5.30. The third-order valence-corrected chi connectivity index (χ3v) is 3.24. The highest BCUT2D eigenvalue weighted by Gasteiger charge is 2.13. The molecule has 1 aliphatic rings. The number of amidine groups is 1. The predicted octanol–water partition coefficient (Wildman–Crippen LogP) is 2.71. The molecule has 0 bridgehead atoms. The quantitative estimate of drug-likeness (QED) is 0.911. The molecule has 2 aromatic rings. The van der Waals surface area contributed by atoms with Crippen molar-refractivity contribution in [1.29, 1.82) is 0 Å². The third kappa shape index (κ3) is 2.32. The van der Waals surface area contributed by atoms with E-state index in [1.165, 1.54) is 5.56 Å². The second-order valence-corrected chi connectivity index (χ2v) is 4.43. The smallest absolute Gasteiger partial charge is 0.129 e. The van der Waals surface area contributed by atoms with Gasteiger partial charge in [0.05, 0.1) is 13.7 Å². The Morgan fingerprint density at radius 3 is 2.63 bits per heavy atom. The van der Waals surface area contributed by atoms with Crippen LogP contribution in [0.1, 0.15) is 5.56 Å². The van der Waals surface area contributed by atoms with Crippen molar-refractivity contribution in [3.05, 3.63) is 54.1 Å². The number of aliphatic imine (C=N–C) groups is 1. The summed E-state index contributed by atoms with van der Waals surface area (Å²) in [5, 5.41) is 3.33. The second kappa shape index (κ2) is 5.14. The number of ether oxygens (including phenoxy) is 1. The predicted molar refractivity (Wildman–Crippen MR) is 77.8 cm³/mol. The van der Waals surface area contributed by atoms with Crippen LogP contribution in [-0.2, 0) is 0 Å². The van der Waals surface area contributed by atoms with Crippen molar-refractivity contribution >= 4 is 5.84 Å². The molecule has 0 fully saturated rings. The zero-order valence-corrected chi connectivity index (χ0v) is 10.9. The largest absolute Gasteiger partial charge is 0.497 e. The van der Waals surface area contributed by atoms with Crippen LogP contribution in [0.2, 0.25) is 0 Å². The van der Waals surface area contributed by atoms with E-state index in [4.69, 9.17) is 4.74 Å². The van der Waals surface area contributed by atoms with Crippen LogP contribution in [0.5, 0.6) is 5.75 Å². The summed E-state index contributed by atoms with van der Waals surface area (Å²) in [6.45, 7) is 1.77. The first-order valence-electron chi connectivity index (χ1n) is 6.40. The van der Waals surface area contributed by atoms with Crippen molar-refractivity contribution in [2.24, 2.45) is 4.99 Å². The normalized spacial score (nSPS) is 13.8. The molecule has 19 heavy (non-hydrogen) atoms. The van der Waals surface area contributed by atoms with Gasteiger partial charge in [-0.15, -0.1) is 0 Å². The lowest BCUT2D eigenvalue weighted by Gasteiger charge is -2.11. The van der Waals surface area contributed by atoms with Crippen molar-refractivity contribution < 1.29 is 4.74 Å². The monoisotopic (exact) mass is 252 g/mol. The average molecular weight is 252 g/mol. The summed E-state index contributed by atoms with van der Waals surface area (Å²) in [5.74, 6) is 1.85. The van der Waals surface area contributed by atoms with Crippen LogP contribution in [0.3, 0.4) is 0 Å². The molecular weight excluding hydrogens is 236 g/mol. The van der Waals surface area contributed by atoms with Crippen molar-refractivity contribution in [3.63, 3.8) is 0 Å². The Hall–Kier alpha value is -2.29. The molecule has 0 radical (unpaired) electrons. The van der Waals surface area contributed by atoms with Crippen molar-refractivity contribution in [3.8, 4) is 16.9 Å². The molecule has 3 rings (SSSR count). The molecule has 0 saturated heterocycles. The maximum absolute atomic E-state index is 5.30. The van der Waals surface area contributed by atoms with Crippen LogP contribution in [0.15, 0.2) is 53.5 Å². The van der Waals surface area contributed by atoms with Crippen molar-refractivity contribution in [2.75, 3.05) is 20.2 Å². The zero-order valence-electron chi connectivity index (χ0n) is 10.9. The van der Waals surface area contributed by atoms with Gasteiger partial charge in [0.15, 0.2) is 0 Å². The van der Waals surface area contributed by atoms with E-state index in [0.29, 0.717) is 0 Å². The number of methoxy groups -OCH3 is 1. The van der Waals surface area contributed by atoms with Crippen molar-refractivity contribution in [1.82, 2.24) is 5.32 Å². The Morgan fingerprint density at radius 1 is 1.05 bits per heavy atom. The van der Waals surface area contributed by atoms with E-state index in [2.05, 4.69) is 28.5 Å². The van der Waals surface area contributed by atoms with E-state index in [1.807, 2.05) is 30.3 Å². The molecular formula is C16H16N2O. The Bertz CT molecular complexity index is 620. The number of rotatable bonds is 3. The lowest BCUT2D eigenvalue weighted by Crippen LogP contribution is -2.20. The maximum Gasteiger partial charge on any atom is 0.129 e. The fourth-order valence-corrected chi connectivity index (χ4v) is 2.31. The first-order valence-corrected chi connectivity index (χ1v) is 6.40. The van der Waals surface area contributed by atoms with E-state index in [9.17, 15) is 0 Å². The molecule has 0 amide bonds. The highest BCUT2D eigenvalue weighted by molar-refractivity contribution is 6.05. The molecule has 0 unspecified atom stereocenters. The van der Waals surface area contributed by atoms with Gasteiger partial charge in [0.2, 0.25) is 0 Å². The van der Waals surface area contributed by atoms with E-state index in [0.717, 1.165) is 35.8 Å². The van der Waals surface area contributed by atoms with Crippen LogP contribution in [0, 0.1) is 0 Å². The van der Waals surface area contributed by atoms with Gasteiger partial charge in [0.1, 0.15) is 11.6 Å². The summed E-state index contributed by atoms with van der Waals surface area (Å²) in [5.41, 5.74) is 3.47. The van der Waals surface area contributed by atoms with Gasteiger partial charge in [-0.25, -0.2) is 0 Å².